The Labute approximate surface area is 126 Å². The Morgan fingerprint density at radius 3 is 2.90 bits per heavy atom. The Morgan fingerprint density at radius 2 is 2.20 bits per heavy atom. The molecule has 0 spiro atoms. The van der Waals surface area contributed by atoms with Crippen LogP contribution in [0.1, 0.15) is 17.3 Å². The second-order valence-corrected chi connectivity index (χ2v) is 6.69. The van der Waals surface area contributed by atoms with E-state index in [-0.39, 0.29) is 5.91 Å². The normalized spacial score (nSPS) is 10.3. The number of rotatable bonds is 5. The van der Waals surface area contributed by atoms with Gasteiger partial charge in [-0.25, -0.2) is 0 Å². The van der Waals surface area contributed by atoms with Gasteiger partial charge in [0.05, 0.1) is 0 Å². The Bertz CT molecular complexity index is 598. The van der Waals surface area contributed by atoms with E-state index in [4.69, 9.17) is 0 Å². The highest BCUT2D eigenvalue weighted by Crippen LogP contribution is 2.25. The number of nitrogens with zero attached hydrogens (tertiary/aromatic N) is 3. The van der Waals surface area contributed by atoms with Crippen molar-refractivity contribution in [2.75, 3.05) is 30.1 Å². The molecule has 1 aromatic carbocycles. The molecule has 0 saturated heterocycles. The molecule has 1 aromatic heterocycles. The molecule has 0 fully saturated rings. The van der Waals surface area contributed by atoms with Crippen molar-refractivity contribution in [1.82, 2.24) is 10.2 Å². The van der Waals surface area contributed by atoms with Crippen molar-refractivity contribution in [3.8, 4) is 0 Å². The summed E-state index contributed by atoms with van der Waals surface area (Å²) in [6, 6.07) is 7.45. The van der Waals surface area contributed by atoms with Crippen LogP contribution in [0.2, 0.25) is 0 Å². The van der Waals surface area contributed by atoms with Gasteiger partial charge in [-0.3, -0.25) is 10.1 Å². The minimum atomic E-state index is -0.169. The SMILES string of the molecule is CCSc1nnc(NC(=O)c2cccc(N(C)C)c2)s1. The zero-order valence-corrected chi connectivity index (χ0v) is 13.2. The van der Waals surface area contributed by atoms with Crippen LogP contribution in [0.5, 0.6) is 0 Å². The molecule has 1 amide bonds. The summed E-state index contributed by atoms with van der Waals surface area (Å²) in [6.07, 6.45) is 0. The van der Waals surface area contributed by atoms with Crippen molar-refractivity contribution in [2.24, 2.45) is 0 Å². The van der Waals surface area contributed by atoms with Gasteiger partial charge in [-0.15, -0.1) is 10.2 Å². The highest BCUT2D eigenvalue weighted by atomic mass is 32.2. The fraction of sp³-hybridized carbons (Fsp3) is 0.308. The van der Waals surface area contributed by atoms with Crippen LogP contribution in [0.25, 0.3) is 0 Å². The average Bonchev–Trinajstić information content (AvgIpc) is 2.86. The van der Waals surface area contributed by atoms with Crippen molar-refractivity contribution in [3.63, 3.8) is 0 Å². The van der Waals surface area contributed by atoms with Crippen molar-refractivity contribution in [2.45, 2.75) is 11.3 Å². The van der Waals surface area contributed by atoms with E-state index in [1.54, 1.807) is 17.8 Å². The van der Waals surface area contributed by atoms with E-state index in [0.717, 1.165) is 15.8 Å². The topological polar surface area (TPSA) is 58.1 Å². The van der Waals surface area contributed by atoms with Crippen molar-refractivity contribution in [1.29, 1.82) is 0 Å². The van der Waals surface area contributed by atoms with Gasteiger partial charge in [0.15, 0.2) is 4.34 Å². The second kappa shape index (κ2) is 6.71. The number of thioether (sulfide) groups is 1. The highest BCUT2D eigenvalue weighted by Gasteiger charge is 2.11. The summed E-state index contributed by atoms with van der Waals surface area (Å²) in [4.78, 5) is 14.1. The van der Waals surface area contributed by atoms with E-state index >= 15 is 0 Å². The third-order valence-electron chi connectivity index (χ3n) is 2.52. The summed E-state index contributed by atoms with van der Waals surface area (Å²) < 4.78 is 0.866. The maximum atomic E-state index is 12.2. The molecular formula is C13H16N4OS2. The first-order valence-corrected chi connectivity index (χ1v) is 7.95. The van der Waals surface area contributed by atoms with Crippen LogP contribution in [0, 0.1) is 0 Å². The molecule has 0 aliphatic rings. The lowest BCUT2D eigenvalue weighted by atomic mass is 10.2. The lowest BCUT2D eigenvalue weighted by Crippen LogP contribution is -2.14. The number of nitrogens with one attached hydrogen (secondary N) is 1. The standard InChI is InChI=1S/C13H16N4OS2/c1-4-19-13-16-15-12(20-13)14-11(18)9-6-5-7-10(8-9)17(2)3/h5-8H,4H2,1-3H3,(H,14,15,18). The number of carbonyl (C=O) groups is 1. The molecule has 0 saturated carbocycles. The van der Waals surface area contributed by atoms with Gasteiger partial charge >= 0.3 is 0 Å². The van der Waals surface area contributed by atoms with E-state index in [0.29, 0.717) is 10.7 Å². The predicted molar refractivity (Wildman–Crippen MR) is 85.0 cm³/mol. The number of carbonyl (C=O) groups excluding carboxylic acids is 1. The summed E-state index contributed by atoms with van der Waals surface area (Å²) in [6.45, 7) is 2.05. The molecule has 20 heavy (non-hydrogen) atoms. The van der Waals surface area contributed by atoms with E-state index in [2.05, 4.69) is 22.4 Å². The average molecular weight is 308 g/mol. The molecule has 0 atom stereocenters. The van der Waals surface area contributed by atoms with Crippen molar-refractivity contribution >= 4 is 39.8 Å². The fourth-order valence-corrected chi connectivity index (χ4v) is 3.18. The van der Waals surface area contributed by atoms with Gasteiger partial charge in [0.25, 0.3) is 5.91 Å². The summed E-state index contributed by atoms with van der Waals surface area (Å²) in [5.41, 5.74) is 1.59. The zero-order chi connectivity index (χ0) is 14.5. The molecule has 0 aliphatic carbocycles. The number of aromatic nitrogens is 2. The summed E-state index contributed by atoms with van der Waals surface area (Å²) in [5, 5.41) is 11.3. The molecular weight excluding hydrogens is 292 g/mol. The van der Waals surface area contributed by atoms with Gasteiger partial charge in [0.2, 0.25) is 5.13 Å². The van der Waals surface area contributed by atoms with Crippen molar-refractivity contribution in [3.05, 3.63) is 29.8 Å². The lowest BCUT2D eigenvalue weighted by Gasteiger charge is -2.13. The maximum Gasteiger partial charge on any atom is 0.257 e. The molecule has 7 heteroatoms. The van der Waals surface area contributed by atoms with Gasteiger partial charge in [-0.1, -0.05) is 36.1 Å². The molecule has 1 N–H and O–H groups in total. The van der Waals surface area contributed by atoms with E-state index in [1.165, 1.54) is 11.3 Å². The zero-order valence-electron chi connectivity index (χ0n) is 11.6. The fourth-order valence-electron chi connectivity index (χ4n) is 1.54. The van der Waals surface area contributed by atoms with E-state index in [9.17, 15) is 4.79 Å². The smallest absolute Gasteiger partial charge is 0.257 e. The minimum Gasteiger partial charge on any atom is -0.378 e. The second-order valence-electron chi connectivity index (χ2n) is 4.21. The Balaban J connectivity index is 2.09. The molecule has 2 rings (SSSR count). The van der Waals surface area contributed by atoms with E-state index < -0.39 is 0 Å². The van der Waals surface area contributed by atoms with Crippen molar-refractivity contribution < 1.29 is 4.79 Å². The third-order valence-corrected chi connectivity index (χ3v) is 4.37. The number of anilines is 2. The molecule has 0 aliphatic heterocycles. The molecule has 5 nitrogen and oxygen atoms in total. The minimum absolute atomic E-state index is 0.169. The molecule has 0 unspecified atom stereocenters. The first-order valence-electron chi connectivity index (χ1n) is 6.15. The van der Waals surface area contributed by atoms with Gasteiger partial charge < -0.3 is 4.90 Å². The molecule has 0 bridgehead atoms. The molecule has 1 heterocycles. The largest absolute Gasteiger partial charge is 0.378 e. The monoisotopic (exact) mass is 308 g/mol. The molecule has 106 valence electrons. The summed E-state index contributed by atoms with van der Waals surface area (Å²) in [5.74, 6) is 0.769. The van der Waals surface area contributed by atoms with Gasteiger partial charge in [0, 0.05) is 25.3 Å². The Morgan fingerprint density at radius 1 is 1.40 bits per heavy atom. The molecule has 2 aromatic rings. The third kappa shape index (κ3) is 3.71. The van der Waals surface area contributed by atoms with Gasteiger partial charge in [-0.05, 0) is 24.0 Å². The molecule has 0 radical (unpaired) electrons. The van der Waals surface area contributed by atoms with Crippen LogP contribution in [0.3, 0.4) is 0 Å². The van der Waals surface area contributed by atoms with Crippen LogP contribution < -0.4 is 10.2 Å². The Hall–Kier alpha value is -1.60. The first-order chi connectivity index (χ1) is 9.60. The first kappa shape index (κ1) is 14.8. The lowest BCUT2D eigenvalue weighted by molar-refractivity contribution is 0.102. The van der Waals surface area contributed by atoms with Crippen LogP contribution in [-0.2, 0) is 0 Å². The number of amides is 1. The number of hydrogen-bond acceptors (Lipinski definition) is 6. The summed E-state index contributed by atoms with van der Waals surface area (Å²) >= 11 is 3.00. The highest BCUT2D eigenvalue weighted by molar-refractivity contribution is 8.01. The van der Waals surface area contributed by atoms with Gasteiger partial charge in [-0.2, -0.15) is 0 Å². The quantitative estimate of drug-likeness (QED) is 0.680. The number of hydrogen-bond donors (Lipinski definition) is 1. The van der Waals surface area contributed by atoms with Crippen LogP contribution >= 0.6 is 23.1 Å². The van der Waals surface area contributed by atoms with Gasteiger partial charge in [0.1, 0.15) is 0 Å². The van der Waals surface area contributed by atoms with Crippen LogP contribution in [-0.4, -0.2) is 36.0 Å². The van der Waals surface area contributed by atoms with Crippen LogP contribution in [0.4, 0.5) is 10.8 Å². The predicted octanol–water partition coefficient (Wildman–Crippen LogP) is 2.97. The number of benzene rings is 1. The van der Waals surface area contributed by atoms with Crippen LogP contribution in [0.15, 0.2) is 28.6 Å². The summed E-state index contributed by atoms with van der Waals surface area (Å²) in [7, 11) is 3.88. The van der Waals surface area contributed by atoms with E-state index in [1.807, 2.05) is 37.2 Å². The maximum absolute atomic E-state index is 12.2. The Kier molecular flexibility index (Phi) is 4.97.